The van der Waals surface area contributed by atoms with Gasteiger partial charge in [0, 0.05) is 0 Å². The second-order valence-electron chi connectivity index (χ2n) is 6.44. The van der Waals surface area contributed by atoms with Crippen molar-refractivity contribution < 1.29 is 21.7 Å². The Hall–Kier alpha value is -0.999. The standard InChI is InChI=1S/C9H7.C6H10NSi.C4H10N.2CH3.Ti/c1-2-5-9-7-3-6-8(9)4-1;1-8(2)7-5-3-4-6-7;1-4(2,3)5;;;/h1-7H;3-6H,1-2H3;5H,1-3H3;2*1H3;/q-1;;3*-1;+4. The van der Waals surface area contributed by atoms with E-state index >= 15 is 0 Å². The van der Waals surface area contributed by atoms with Gasteiger partial charge in [0.1, 0.15) is 0 Å². The number of aromatic nitrogens is 1. The molecule has 3 rings (SSSR count). The predicted octanol–water partition coefficient (Wildman–Crippen LogP) is 6.88. The summed E-state index contributed by atoms with van der Waals surface area (Å²) in [4.78, 5) is 0. The van der Waals surface area contributed by atoms with Gasteiger partial charge in [-0.3, -0.25) is 0 Å². The number of hydrogen-bond acceptors (Lipinski definition) is 0. The molecule has 4 heteroatoms. The Morgan fingerprint density at radius 2 is 1.40 bits per heavy atom. The Balaban J connectivity index is -0.000000285. The summed E-state index contributed by atoms with van der Waals surface area (Å²) in [6.45, 7) is 10.1. The van der Waals surface area contributed by atoms with Crippen molar-refractivity contribution in [1.29, 1.82) is 0 Å². The van der Waals surface area contributed by atoms with Gasteiger partial charge in [-0.25, -0.2) is 0 Å². The molecule has 0 aliphatic heterocycles. The Morgan fingerprint density at radius 1 is 0.920 bits per heavy atom. The maximum atomic E-state index is 6.94. The summed E-state index contributed by atoms with van der Waals surface area (Å²) < 4.78 is 2.27. The molecular weight excluding hydrogens is 356 g/mol. The summed E-state index contributed by atoms with van der Waals surface area (Å²) in [6.07, 6.45) is 4.24. The Labute approximate surface area is 172 Å². The van der Waals surface area contributed by atoms with E-state index in [2.05, 4.69) is 84.3 Å². The number of rotatable bonds is 1. The van der Waals surface area contributed by atoms with Gasteiger partial charge in [0.05, 0.1) is 0 Å². The Morgan fingerprint density at radius 3 is 1.80 bits per heavy atom. The van der Waals surface area contributed by atoms with E-state index < -0.39 is 0 Å². The van der Waals surface area contributed by atoms with Gasteiger partial charge in [0.2, 0.25) is 0 Å². The number of nitrogens with one attached hydrogen (secondary N) is 1. The maximum absolute atomic E-state index is 6.94. The van der Waals surface area contributed by atoms with Crippen molar-refractivity contribution in [2.24, 2.45) is 0 Å². The third-order valence-electron chi connectivity index (χ3n) is 2.67. The summed E-state index contributed by atoms with van der Waals surface area (Å²) >= 11 is 0. The molecule has 0 aliphatic carbocycles. The van der Waals surface area contributed by atoms with Gasteiger partial charge in [-0.15, -0.1) is 35.2 Å². The van der Waals surface area contributed by atoms with Gasteiger partial charge in [-0.1, -0.05) is 39.9 Å². The van der Waals surface area contributed by atoms with E-state index in [1.807, 2.05) is 20.8 Å². The minimum absolute atomic E-state index is 0. The first-order valence-electron chi connectivity index (χ1n) is 7.56. The van der Waals surface area contributed by atoms with Crippen LogP contribution in [-0.2, 0) is 21.7 Å². The predicted molar refractivity (Wildman–Crippen MR) is 114 cm³/mol. The first kappa shape index (κ1) is 28.8. The number of nitrogens with zero attached hydrogens (tertiary/aromatic N) is 1. The van der Waals surface area contributed by atoms with Crippen molar-refractivity contribution in [3.8, 4) is 0 Å². The van der Waals surface area contributed by atoms with Crippen molar-refractivity contribution in [3.05, 3.63) is 87.6 Å². The molecule has 0 saturated heterocycles. The molecule has 0 bridgehead atoms. The van der Waals surface area contributed by atoms with Crippen molar-refractivity contribution in [1.82, 2.24) is 4.23 Å². The Bertz CT molecular complexity index is 601. The van der Waals surface area contributed by atoms with E-state index in [9.17, 15) is 0 Å². The SMILES string of the molecule is CC(C)(C)[NH-].C[Si](C)n1cccc1.[CH3-].[CH3-].[Ti+4].c1ccc2[cH-]ccc2c1. The summed E-state index contributed by atoms with van der Waals surface area (Å²) in [5.74, 6) is 0. The van der Waals surface area contributed by atoms with E-state index in [-0.39, 0.29) is 51.1 Å². The molecule has 1 aromatic heterocycles. The van der Waals surface area contributed by atoms with Crippen molar-refractivity contribution in [2.75, 3.05) is 0 Å². The first-order chi connectivity index (χ1) is 10.3. The van der Waals surface area contributed by atoms with Crippen LogP contribution in [-0.4, -0.2) is 18.7 Å². The van der Waals surface area contributed by atoms with E-state index in [0.717, 1.165) is 0 Å². The fourth-order valence-electron chi connectivity index (χ4n) is 1.70. The van der Waals surface area contributed by atoms with Crippen molar-refractivity contribution in [3.63, 3.8) is 0 Å². The van der Waals surface area contributed by atoms with Crippen LogP contribution >= 0.6 is 0 Å². The zero-order valence-electron chi connectivity index (χ0n) is 16.8. The molecule has 0 amide bonds. The van der Waals surface area contributed by atoms with E-state index in [1.54, 1.807) is 0 Å². The maximum Gasteiger partial charge on any atom is 4.00 e. The molecule has 0 fully saturated rings. The summed E-state index contributed by atoms with van der Waals surface area (Å²) in [6, 6.07) is 18.8. The average Bonchev–Trinajstić information content (AvgIpc) is 3.09. The molecule has 2 aromatic carbocycles. The molecule has 25 heavy (non-hydrogen) atoms. The van der Waals surface area contributed by atoms with Gasteiger partial charge in [-0.05, 0) is 24.5 Å². The molecule has 1 heterocycles. The van der Waals surface area contributed by atoms with E-state index in [4.69, 9.17) is 5.73 Å². The van der Waals surface area contributed by atoms with Crippen LogP contribution in [0.1, 0.15) is 20.8 Å². The molecule has 0 aliphatic rings. The molecule has 0 spiro atoms. The van der Waals surface area contributed by atoms with Crippen LogP contribution in [0.15, 0.2) is 67.0 Å². The van der Waals surface area contributed by atoms with Crippen LogP contribution in [0.3, 0.4) is 0 Å². The smallest absolute Gasteiger partial charge is 0.673 e. The molecule has 2 nitrogen and oxygen atoms in total. The van der Waals surface area contributed by atoms with Crippen molar-refractivity contribution in [2.45, 2.75) is 39.4 Å². The van der Waals surface area contributed by atoms with Crippen LogP contribution < -0.4 is 0 Å². The van der Waals surface area contributed by atoms with Crippen LogP contribution in [0.5, 0.6) is 0 Å². The zero-order chi connectivity index (χ0) is 16.6. The van der Waals surface area contributed by atoms with E-state index in [0.29, 0.717) is 0 Å². The number of fused-ring (bicyclic) bond motifs is 1. The van der Waals surface area contributed by atoms with Crippen LogP contribution in [0.4, 0.5) is 0 Å². The molecule has 135 valence electrons. The van der Waals surface area contributed by atoms with Gasteiger partial charge in [0.25, 0.3) is 0 Å². The van der Waals surface area contributed by atoms with Crippen molar-refractivity contribution >= 4 is 19.7 Å². The summed E-state index contributed by atoms with van der Waals surface area (Å²) in [5.41, 5.74) is 6.69. The molecule has 1 N–H and O–H groups in total. The normalized spacial score (nSPS) is 9.40. The number of benzene rings is 1. The third kappa shape index (κ3) is 13.9. The van der Waals surface area contributed by atoms with Gasteiger partial charge in [0.15, 0.2) is 8.96 Å². The molecule has 0 atom stereocenters. The van der Waals surface area contributed by atoms with Crippen LogP contribution in [0.2, 0.25) is 13.1 Å². The Kier molecular flexibility index (Phi) is 16.4. The fourth-order valence-corrected chi connectivity index (χ4v) is 2.47. The molecule has 0 unspecified atom stereocenters. The van der Waals surface area contributed by atoms with Gasteiger partial charge < -0.3 is 24.8 Å². The second-order valence-corrected chi connectivity index (χ2v) is 8.85. The first-order valence-corrected chi connectivity index (χ1v) is 10.0. The summed E-state index contributed by atoms with van der Waals surface area (Å²) in [7, 11) is -0.253. The summed E-state index contributed by atoms with van der Waals surface area (Å²) in [5, 5.41) is 2.66. The molecule has 3 aromatic rings. The second kappa shape index (κ2) is 14.2. The monoisotopic (exact) mass is 389 g/mol. The largest absolute Gasteiger partial charge is 4.00 e. The van der Waals surface area contributed by atoms with E-state index in [1.165, 1.54) is 10.8 Å². The van der Waals surface area contributed by atoms with Crippen LogP contribution in [0, 0.1) is 14.9 Å². The zero-order valence-corrected chi connectivity index (χ0v) is 19.4. The fraction of sp³-hybridized carbons (Fsp3) is 0.286. The quantitative estimate of drug-likeness (QED) is 0.321. The average molecular weight is 389 g/mol. The third-order valence-corrected chi connectivity index (χ3v) is 4.00. The van der Waals surface area contributed by atoms with Gasteiger partial charge in [-0.2, -0.15) is 17.5 Å². The minimum Gasteiger partial charge on any atom is -0.673 e. The molecule has 1 radical (unpaired) electrons. The van der Waals surface area contributed by atoms with Crippen LogP contribution in [0.25, 0.3) is 16.5 Å². The molecular formula is C21H33N2SiTi. The number of hydrogen-bond donors (Lipinski definition) is 0. The minimum atomic E-state index is -0.253. The van der Waals surface area contributed by atoms with Gasteiger partial charge >= 0.3 is 21.7 Å². The topological polar surface area (TPSA) is 28.7 Å². The molecule has 0 saturated carbocycles.